The van der Waals surface area contributed by atoms with Crippen molar-refractivity contribution in [3.63, 3.8) is 0 Å². The zero-order chi connectivity index (χ0) is 12.1. The third-order valence-electron chi connectivity index (χ3n) is 3.62. The van der Waals surface area contributed by atoms with Crippen LogP contribution in [0.2, 0.25) is 0 Å². The Hall–Kier alpha value is -1.13. The predicted octanol–water partition coefficient (Wildman–Crippen LogP) is 0.743. The molecular formula is C13H20N2O2. The molecule has 17 heavy (non-hydrogen) atoms. The van der Waals surface area contributed by atoms with Gasteiger partial charge in [0.25, 0.3) is 5.56 Å². The summed E-state index contributed by atoms with van der Waals surface area (Å²) in [7, 11) is 0. The van der Waals surface area contributed by atoms with Gasteiger partial charge in [0.2, 0.25) is 0 Å². The quantitative estimate of drug-likeness (QED) is 0.793. The molecule has 1 aliphatic carbocycles. The van der Waals surface area contributed by atoms with Gasteiger partial charge >= 0.3 is 0 Å². The van der Waals surface area contributed by atoms with Crippen molar-refractivity contribution >= 4 is 0 Å². The molecule has 1 saturated carbocycles. The summed E-state index contributed by atoms with van der Waals surface area (Å²) in [4.78, 5) is 11.5. The molecule has 0 radical (unpaired) electrons. The molecular weight excluding hydrogens is 216 g/mol. The maximum atomic E-state index is 11.5. The van der Waals surface area contributed by atoms with Crippen molar-refractivity contribution in [1.82, 2.24) is 9.88 Å². The lowest BCUT2D eigenvalue weighted by Crippen LogP contribution is -2.47. The molecule has 4 nitrogen and oxygen atoms in total. The summed E-state index contributed by atoms with van der Waals surface area (Å²) in [5.74, 6) is 0. The summed E-state index contributed by atoms with van der Waals surface area (Å²) in [6.45, 7) is 1.57. The zero-order valence-corrected chi connectivity index (χ0v) is 10.1. The van der Waals surface area contributed by atoms with Gasteiger partial charge in [-0.2, -0.15) is 0 Å². The van der Waals surface area contributed by atoms with Gasteiger partial charge in [-0.25, -0.2) is 0 Å². The Morgan fingerprint density at radius 2 is 2.12 bits per heavy atom. The molecule has 4 heteroatoms. The first-order valence-corrected chi connectivity index (χ1v) is 6.27. The van der Waals surface area contributed by atoms with Crippen molar-refractivity contribution in [3.05, 3.63) is 34.7 Å². The first-order valence-electron chi connectivity index (χ1n) is 6.27. The summed E-state index contributed by atoms with van der Waals surface area (Å²) >= 11 is 0. The van der Waals surface area contributed by atoms with Crippen molar-refractivity contribution in [2.24, 2.45) is 0 Å². The standard InChI is InChI=1S/C13H20N2O2/c16-11-13(6-2-3-7-13)14-8-10-15-9-4-1-5-12(15)17/h1,4-5,9,14,16H,2-3,6-8,10-11H2. The first kappa shape index (κ1) is 12.3. The van der Waals surface area contributed by atoms with E-state index in [1.165, 1.54) is 12.8 Å². The Balaban J connectivity index is 1.87. The summed E-state index contributed by atoms with van der Waals surface area (Å²) in [6, 6.07) is 5.18. The van der Waals surface area contributed by atoms with Crippen LogP contribution in [0.1, 0.15) is 25.7 Å². The summed E-state index contributed by atoms with van der Waals surface area (Å²) < 4.78 is 1.69. The SMILES string of the molecule is O=c1ccccn1CCNC1(CO)CCCC1. The van der Waals surface area contributed by atoms with E-state index in [1.807, 2.05) is 6.07 Å². The number of hydrogen-bond donors (Lipinski definition) is 2. The molecule has 1 heterocycles. The van der Waals surface area contributed by atoms with Gasteiger partial charge in [0.15, 0.2) is 0 Å². The van der Waals surface area contributed by atoms with E-state index in [9.17, 15) is 9.90 Å². The summed E-state index contributed by atoms with van der Waals surface area (Å²) in [5.41, 5.74) is -0.0722. The molecule has 2 N–H and O–H groups in total. The van der Waals surface area contributed by atoms with Gasteiger partial charge in [0.05, 0.1) is 6.61 Å². The van der Waals surface area contributed by atoms with Crippen LogP contribution in [0, 0.1) is 0 Å². The highest BCUT2D eigenvalue weighted by molar-refractivity contribution is 4.94. The van der Waals surface area contributed by atoms with E-state index in [0.29, 0.717) is 6.54 Å². The van der Waals surface area contributed by atoms with Gasteiger partial charge in [-0.3, -0.25) is 4.79 Å². The molecule has 0 aliphatic heterocycles. The van der Waals surface area contributed by atoms with Crippen LogP contribution in [-0.4, -0.2) is 28.4 Å². The average molecular weight is 236 g/mol. The maximum Gasteiger partial charge on any atom is 0.250 e. The number of nitrogens with zero attached hydrogens (tertiary/aromatic N) is 1. The number of aliphatic hydroxyl groups excluding tert-OH is 1. The third kappa shape index (κ3) is 2.96. The second-order valence-corrected chi connectivity index (χ2v) is 4.80. The van der Waals surface area contributed by atoms with E-state index in [1.54, 1.807) is 22.9 Å². The van der Waals surface area contributed by atoms with Crippen molar-refractivity contribution in [1.29, 1.82) is 0 Å². The van der Waals surface area contributed by atoms with Crippen LogP contribution in [0.25, 0.3) is 0 Å². The number of rotatable bonds is 5. The maximum absolute atomic E-state index is 11.5. The fraction of sp³-hybridized carbons (Fsp3) is 0.615. The number of pyridine rings is 1. The largest absolute Gasteiger partial charge is 0.394 e. The molecule has 0 bridgehead atoms. The Bertz CT molecular complexity index is 408. The third-order valence-corrected chi connectivity index (χ3v) is 3.62. The smallest absolute Gasteiger partial charge is 0.250 e. The predicted molar refractivity (Wildman–Crippen MR) is 67.0 cm³/mol. The number of hydrogen-bond acceptors (Lipinski definition) is 3. The minimum absolute atomic E-state index is 0.0266. The van der Waals surface area contributed by atoms with E-state index in [2.05, 4.69) is 5.32 Å². The van der Waals surface area contributed by atoms with E-state index in [-0.39, 0.29) is 17.7 Å². The van der Waals surface area contributed by atoms with Crippen LogP contribution in [0.15, 0.2) is 29.2 Å². The second kappa shape index (κ2) is 5.47. The number of nitrogens with one attached hydrogen (secondary N) is 1. The topological polar surface area (TPSA) is 54.3 Å². The second-order valence-electron chi connectivity index (χ2n) is 4.80. The Morgan fingerprint density at radius 1 is 1.35 bits per heavy atom. The molecule has 0 saturated heterocycles. The molecule has 1 aromatic rings. The Labute approximate surface area is 101 Å². The van der Waals surface area contributed by atoms with Gasteiger partial charge in [0, 0.05) is 30.9 Å². The molecule has 1 aromatic heterocycles. The van der Waals surface area contributed by atoms with Crippen LogP contribution in [0.4, 0.5) is 0 Å². The van der Waals surface area contributed by atoms with Crippen molar-refractivity contribution in [2.75, 3.05) is 13.2 Å². The minimum Gasteiger partial charge on any atom is -0.394 e. The van der Waals surface area contributed by atoms with Crippen molar-refractivity contribution < 1.29 is 5.11 Å². The Morgan fingerprint density at radius 3 is 2.76 bits per heavy atom. The Kier molecular flexibility index (Phi) is 3.97. The molecule has 1 aliphatic rings. The van der Waals surface area contributed by atoms with Gasteiger partial charge < -0.3 is 15.0 Å². The van der Waals surface area contributed by atoms with E-state index >= 15 is 0 Å². The summed E-state index contributed by atoms with van der Waals surface area (Å²) in [6.07, 6.45) is 6.22. The molecule has 0 unspecified atom stereocenters. The van der Waals surface area contributed by atoms with E-state index in [0.717, 1.165) is 19.4 Å². The average Bonchev–Trinajstić information content (AvgIpc) is 2.81. The van der Waals surface area contributed by atoms with Gasteiger partial charge in [-0.15, -0.1) is 0 Å². The highest BCUT2D eigenvalue weighted by atomic mass is 16.3. The van der Waals surface area contributed by atoms with Gasteiger partial charge in [-0.1, -0.05) is 18.9 Å². The van der Waals surface area contributed by atoms with Crippen LogP contribution in [0.3, 0.4) is 0 Å². The summed E-state index contributed by atoms with van der Waals surface area (Å²) in [5, 5.41) is 12.8. The molecule has 0 spiro atoms. The van der Waals surface area contributed by atoms with Gasteiger partial charge in [0.1, 0.15) is 0 Å². The highest BCUT2D eigenvalue weighted by Crippen LogP contribution is 2.28. The monoisotopic (exact) mass is 236 g/mol. The van der Waals surface area contributed by atoms with Crippen molar-refractivity contribution in [3.8, 4) is 0 Å². The van der Waals surface area contributed by atoms with E-state index in [4.69, 9.17) is 0 Å². The molecule has 2 rings (SSSR count). The molecule has 1 fully saturated rings. The first-order chi connectivity index (χ1) is 8.26. The lowest BCUT2D eigenvalue weighted by atomic mass is 9.99. The number of aliphatic hydroxyl groups is 1. The minimum atomic E-state index is -0.0988. The molecule has 0 amide bonds. The fourth-order valence-electron chi connectivity index (χ4n) is 2.53. The zero-order valence-electron chi connectivity index (χ0n) is 10.1. The molecule has 0 atom stereocenters. The highest BCUT2D eigenvalue weighted by Gasteiger charge is 2.32. The van der Waals surface area contributed by atoms with Crippen molar-refractivity contribution in [2.45, 2.75) is 37.8 Å². The van der Waals surface area contributed by atoms with E-state index < -0.39 is 0 Å². The van der Waals surface area contributed by atoms with Crippen LogP contribution in [0.5, 0.6) is 0 Å². The lowest BCUT2D eigenvalue weighted by molar-refractivity contribution is 0.163. The normalized spacial score (nSPS) is 18.4. The van der Waals surface area contributed by atoms with Crippen LogP contribution >= 0.6 is 0 Å². The van der Waals surface area contributed by atoms with Crippen LogP contribution in [-0.2, 0) is 6.54 Å². The molecule has 0 aromatic carbocycles. The fourth-order valence-corrected chi connectivity index (χ4v) is 2.53. The van der Waals surface area contributed by atoms with Gasteiger partial charge in [-0.05, 0) is 18.9 Å². The van der Waals surface area contributed by atoms with Crippen LogP contribution < -0.4 is 10.9 Å². The number of aromatic nitrogens is 1. The molecule has 94 valence electrons. The lowest BCUT2D eigenvalue weighted by Gasteiger charge is -2.28.